The number of nitroso groups, excluding NO2 is 1. The van der Waals surface area contributed by atoms with Crippen molar-refractivity contribution in [3.8, 4) is 17.0 Å². The fraction of sp³-hybridized carbons (Fsp3) is 0.304. The number of carbonyl (C=O) groups excluding carboxylic acids is 1. The van der Waals surface area contributed by atoms with Gasteiger partial charge in [0.25, 0.3) is 11.6 Å². The van der Waals surface area contributed by atoms with Crippen molar-refractivity contribution in [2.24, 2.45) is 0 Å². The minimum absolute atomic E-state index is 0.105. The molecule has 2 heterocycles. The topological polar surface area (TPSA) is 78.9 Å². The maximum Gasteiger partial charge on any atom is 0.259 e. The van der Waals surface area contributed by atoms with Crippen molar-refractivity contribution in [1.82, 2.24) is 10.1 Å². The molecule has 0 spiro atoms. The summed E-state index contributed by atoms with van der Waals surface area (Å²) in [5.74, 6) is 1.02. The van der Waals surface area contributed by atoms with E-state index in [9.17, 15) is 9.70 Å². The minimum atomic E-state index is -0.105. The number of nitrogens with zero attached hydrogens (tertiary/aromatic N) is 4. The summed E-state index contributed by atoms with van der Waals surface area (Å²) < 4.78 is 12.5. The summed E-state index contributed by atoms with van der Waals surface area (Å²) in [5.41, 5.74) is 3.26. The van der Waals surface area contributed by atoms with Crippen molar-refractivity contribution in [3.63, 3.8) is 0 Å². The van der Waals surface area contributed by atoms with Gasteiger partial charge in [-0.1, -0.05) is 17.3 Å². The second kappa shape index (κ2) is 9.12. The Morgan fingerprint density at radius 1 is 1.16 bits per heavy atom. The van der Waals surface area contributed by atoms with Crippen LogP contribution in [0.1, 0.15) is 16.1 Å². The average molecular weight is 500 g/mol. The van der Waals surface area contributed by atoms with Gasteiger partial charge in [-0.25, -0.2) is 0 Å². The second-order valence-corrected chi connectivity index (χ2v) is 8.43. The fourth-order valence-corrected chi connectivity index (χ4v) is 4.52. The van der Waals surface area contributed by atoms with Crippen molar-refractivity contribution in [2.75, 3.05) is 45.2 Å². The molecular formula is C23H24BrN4O4+. The lowest BCUT2D eigenvalue weighted by atomic mass is 10.0. The van der Waals surface area contributed by atoms with Crippen molar-refractivity contribution in [1.29, 1.82) is 0 Å². The molecule has 8 nitrogen and oxygen atoms in total. The number of amides is 1. The Balaban J connectivity index is 1.53. The Kier molecular flexibility index (Phi) is 6.27. The summed E-state index contributed by atoms with van der Waals surface area (Å²) in [5, 5.41) is 4.16. The highest BCUT2D eigenvalue weighted by atomic mass is 79.9. The third-order valence-corrected chi connectivity index (χ3v) is 6.28. The molecule has 0 N–H and O–H groups in total. The Morgan fingerprint density at radius 2 is 1.88 bits per heavy atom. The van der Waals surface area contributed by atoms with E-state index in [0.29, 0.717) is 54.6 Å². The van der Waals surface area contributed by atoms with Gasteiger partial charge in [0, 0.05) is 58.0 Å². The molecule has 9 heteroatoms. The monoisotopic (exact) mass is 499 g/mol. The molecule has 32 heavy (non-hydrogen) atoms. The second-order valence-electron chi connectivity index (χ2n) is 7.58. The zero-order valence-electron chi connectivity index (χ0n) is 18.2. The van der Waals surface area contributed by atoms with E-state index in [4.69, 9.17) is 9.26 Å². The minimum Gasteiger partial charge on any atom is -0.496 e. The average Bonchev–Trinajstić information content (AvgIpc) is 3.19. The van der Waals surface area contributed by atoms with Crippen LogP contribution in [0.4, 0.5) is 11.4 Å². The first kappa shape index (κ1) is 22.0. The smallest absolute Gasteiger partial charge is 0.259 e. The molecule has 1 aromatic heterocycles. The van der Waals surface area contributed by atoms with Gasteiger partial charge in [0.15, 0.2) is 7.05 Å². The molecule has 1 aliphatic heterocycles. The maximum atomic E-state index is 13.4. The van der Waals surface area contributed by atoms with Crippen LogP contribution in [0.5, 0.6) is 5.75 Å². The Morgan fingerprint density at radius 3 is 2.53 bits per heavy atom. The van der Waals surface area contributed by atoms with E-state index < -0.39 is 0 Å². The quantitative estimate of drug-likeness (QED) is 0.483. The van der Waals surface area contributed by atoms with Gasteiger partial charge < -0.3 is 19.1 Å². The van der Waals surface area contributed by atoms with Crippen molar-refractivity contribution in [2.45, 2.75) is 6.92 Å². The lowest BCUT2D eigenvalue weighted by Gasteiger charge is -2.36. The predicted octanol–water partition coefficient (Wildman–Crippen LogP) is 4.42. The molecule has 1 aliphatic rings. The van der Waals surface area contributed by atoms with E-state index in [1.807, 2.05) is 35.2 Å². The van der Waals surface area contributed by atoms with Gasteiger partial charge >= 0.3 is 0 Å². The van der Waals surface area contributed by atoms with Crippen LogP contribution in [-0.2, 0) is 0 Å². The molecule has 0 bridgehead atoms. The number of hydrogen-bond acceptors (Lipinski definition) is 6. The number of aromatic nitrogens is 1. The molecule has 3 aromatic rings. The molecule has 1 fully saturated rings. The number of halogens is 1. The van der Waals surface area contributed by atoms with Crippen molar-refractivity contribution in [3.05, 3.63) is 63.2 Å². The van der Waals surface area contributed by atoms with Gasteiger partial charge in [-0.15, -0.1) is 0 Å². The molecule has 1 saturated heterocycles. The van der Waals surface area contributed by atoms with E-state index in [1.54, 1.807) is 26.2 Å². The fourth-order valence-electron chi connectivity index (χ4n) is 3.90. The third-order valence-electron chi connectivity index (χ3n) is 5.64. The number of piperazine rings is 1. The normalized spacial score (nSPS) is 13.9. The molecule has 166 valence electrons. The molecule has 2 aromatic carbocycles. The number of ether oxygens (including phenoxy) is 1. The van der Waals surface area contributed by atoms with Crippen LogP contribution >= 0.6 is 15.9 Å². The van der Waals surface area contributed by atoms with Gasteiger partial charge in [0.1, 0.15) is 22.8 Å². The summed E-state index contributed by atoms with van der Waals surface area (Å²) in [6, 6.07) is 13.0. The summed E-state index contributed by atoms with van der Waals surface area (Å²) in [6.07, 6.45) is 0. The van der Waals surface area contributed by atoms with Crippen molar-refractivity contribution < 1.29 is 18.8 Å². The Bertz CT molecular complexity index is 1170. The molecule has 0 unspecified atom stereocenters. The van der Waals surface area contributed by atoms with Crippen LogP contribution in [0.3, 0.4) is 0 Å². The standard InChI is InChI=1S/C23H24BrN4O4/c1-15-21(22(25-32-15)17-6-4-5-7-20(17)31-3)23(29)28-12-10-27(11-13-28)19-9-8-16(26(2)30)14-18(19)24/h4-9,14H,10-13H2,1-3H3/q+1. The van der Waals surface area contributed by atoms with Crippen molar-refractivity contribution >= 4 is 33.2 Å². The van der Waals surface area contributed by atoms with E-state index in [2.05, 4.69) is 26.0 Å². The number of methoxy groups -OCH3 is 1. The molecular weight excluding hydrogens is 476 g/mol. The molecule has 0 atom stereocenters. The highest BCUT2D eigenvalue weighted by molar-refractivity contribution is 9.10. The van der Waals surface area contributed by atoms with Crippen LogP contribution in [0.2, 0.25) is 0 Å². The van der Waals surface area contributed by atoms with Gasteiger partial charge in [-0.3, -0.25) is 4.79 Å². The van der Waals surface area contributed by atoms with Crippen LogP contribution in [0.15, 0.2) is 51.5 Å². The van der Waals surface area contributed by atoms with E-state index >= 15 is 0 Å². The predicted molar refractivity (Wildman–Crippen MR) is 125 cm³/mol. The van der Waals surface area contributed by atoms with E-state index in [0.717, 1.165) is 20.5 Å². The zero-order valence-corrected chi connectivity index (χ0v) is 19.8. The first-order valence-corrected chi connectivity index (χ1v) is 11.0. The molecule has 1 amide bonds. The van der Waals surface area contributed by atoms with Gasteiger partial charge in [0.2, 0.25) is 0 Å². The largest absolute Gasteiger partial charge is 0.496 e. The van der Waals surface area contributed by atoms with E-state index in [1.165, 1.54) is 7.05 Å². The third kappa shape index (κ3) is 4.12. The number of rotatable bonds is 5. The van der Waals surface area contributed by atoms with Crippen LogP contribution < -0.4 is 9.64 Å². The Hall–Kier alpha value is -3.20. The van der Waals surface area contributed by atoms with Crippen LogP contribution in [0.25, 0.3) is 11.3 Å². The van der Waals surface area contributed by atoms with Crippen LogP contribution in [-0.4, -0.2) is 61.1 Å². The summed E-state index contributed by atoms with van der Waals surface area (Å²) in [4.78, 5) is 29.0. The lowest BCUT2D eigenvalue weighted by Crippen LogP contribution is -2.49. The summed E-state index contributed by atoms with van der Waals surface area (Å²) in [6.45, 7) is 4.21. The van der Waals surface area contributed by atoms with Gasteiger partial charge in [0.05, 0.1) is 12.8 Å². The van der Waals surface area contributed by atoms with Gasteiger partial charge in [-0.2, -0.15) is 0 Å². The van der Waals surface area contributed by atoms with Crippen LogP contribution in [0, 0.1) is 11.8 Å². The molecule has 0 radical (unpaired) electrons. The molecule has 0 aliphatic carbocycles. The lowest BCUT2D eigenvalue weighted by molar-refractivity contribution is -0.428. The Labute approximate surface area is 194 Å². The highest BCUT2D eigenvalue weighted by Gasteiger charge is 2.30. The highest BCUT2D eigenvalue weighted by Crippen LogP contribution is 2.34. The summed E-state index contributed by atoms with van der Waals surface area (Å²) >= 11 is 3.56. The number of benzene rings is 2. The number of anilines is 1. The maximum absolute atomic E-state index is 13.4. The first-order valence-electron chi connectivity index (χ1n) is 10.2. The number of hydrogen-bond donors (Lipinski definition) is 0. The summed E-state index contributed by atoms with van der Waals surface area (Å²) in [7, 11) is 3.06. The SMILES string of the molecule is COc1ccccc1-c1noc(C)c1C(=O)N1CCN(c2ccc([N+](C)=O)cc2Br)CC1. The molecule has 4 rings (SSSR count). The first-order chi connectivity index (χ1) is 15.4. The number of aryl methyl sites for hydroxylation is 1. The van der Waals surface area contributed by atoms with E-state index in [-0.39, 0.29) is 5.91 Å². The number of para-hydroxylation sites is 1. The van der Waals surface area contributed by atoms with Gasteiger partial charge in [-0.05, 0) is 41.1 Å². The zero-order chi connectivity index (χ0) is 22.8. The number of carbonyl (C=O) groups is 1. The molecule has 0 saturated carbocycles.